The number of anilines is 2. The number of hydrogen-bond acceptors (Lipinski definition) is 4. The van der Waals surface area contributed by atoms with E-state index >= 15 is 0 Å². The minimum absolute atomic E-state index is 0.181. The Hall–Kier alpha value is -2.77. The van der Waals surface area contributed by atoms with E-state index < -0.39 is 17.3 Å². The van der Waals surface area contributed by atoms with Crippen LogP contribution < -0.4 is 21.3 Å². The van der Waals surface area contributed by atoms with Gasteiger partial charge in [0, 0.05) is 12.6 Å². The Balaban J connectivity index is 2.06. The van der Waals surface area contributed by atoms with Crippen molar-refractivity contribution in [2.45, 2.75) is 13.1 Å². The van der Waals surface area contributed by atoms with Crippen molar-refractivity contribution in [3.05, 3.63) is 67.2 Å². The summed E-state index contributed by atoms with van der Waals surface area (Å²) in [5.41, 5.74) is 0.247. The minimum atomic E-state index is -0.796. The van der Waals surface area contributed by atoms with Crippen molar-refractivity contribution in [2.24, 2.45) is 0 Å². The minimum Gasteiger partial charge on any atom is -0.378 e. The van der Waals surface area contributed by atoms with Crippen LogP contribution in [-0.2, 0) is 4.79 Å². The number of carbonyl (C=O) groups is 1. The van der Waals surface area contributed by atoms with Crippen LogP contribution in [0.15, 0.2) is 46.0 Å². The molecule has 1 atom stereocenters. The first-order chi connectivity index (χ1) is 12.9. The van der Waals surface area contributed by atoms with Crippen LogP contribution in [0.2, 0.25) is 10.0 Å². The molecule has 0 aliphatic carbocycles. The number of halogens is 2. The number of carbonyl (C=O) groups excluding carboxylic acids is 1. The van der Waals surface area contributed by atoms with Crippen molar-refractivity contribution in [1.29, 1.82) is 0 Å². The molecule has 0 saturated heterocycles. The summed E-state index contributed by atoms with van der Waals surface area (Å²) in [4.78, 5) is 41.4. The fourth-order valence-electron chi connectivity index (χ4n) is 3.44. The molecular formula is C18H14Cl2N4O3. The van der Waals surface area contributed by atoms with Crippen molar-refractivity contribution in [2.75, 3.05) is 16.8 Å². The number of amides is 1. The molecule has 1 amide bonds. The van der Waals surface area contributed by atoms with E-state index in [0.717, 1.165) is 0 Å². The molecule has 2 N–H and O–H groups in total. The highest BCUT2D eigenvalue weighted by Gasteiger charge is 2.32. The molecule has 0 saturated carbocycles. The van der Waals surface area contributed by atoms with E-state index in [0.29, 0.717) is 22.4 Å². The van der Waals surface area contributed by atoms with Crippen LogP contribution in [0.25, 0.3) is 11.0 Å². The second-order valence-corrected chi connectivity index (χ2v) is 6.94. The van der Waals surface area contributed by atoms with E-state index in [2.05, 4.69) is 10.3 Å². The standard InChI is InChI=1S/C18H14Cl2N4O3/c1-9(25)23(10-5-3-2-4-6-10)13-8-21-15-14(20)11(19)7-12-16(15)24(13)18(27)17(26)22-12/h2-7,13,21H,8H2,1H3,(H,22,26). The average Bonchev–Trinajstić information content (AvgIpc) is 2.64. The predicted octanol–water partition coefficient (Wildman–Crippen LogP) is 2.97. The van der Waals surface area contributed by atoms with Gasteiger partial charge in [-0.15, -0.1) is 0 Å². The zero-order chi connectivity index (χ0) is 19.3. The SMILES string of the molecule is CC(=O)N(c1ccccc1)C1CNc2c(Cl)c(Cl)cc3[nH]c(=O)c(=O)n1c23. The second kappa shape index (κ2) is 6.44. The molecule has 138 valence electrons. The molecule has 0 spiro atoms. The Morgan fingerprint density at radius 2 is 1.93 bits per heavy atom. The number of benzene rings is 2. The molecule has 0 radical (unpaired) electrons. The van der Waals surface area contributed by atoms with Gasteiger partial charge in [0.25, 0.3) is 0 Å². The maximum absolute atomic E-state index is 12.7. The quantitative estimate of drug-likeness (QED) is 0.642. The lowest BCUT2D eigenvalue weighted by Gasteiger charge is -2.36. The number of para-hydroxylation sites is 1. The van der Waals surface area contributed by atoms with E-state index in [1.165, 1.54) is 22.5 Å². The van der Waals surface area contributed by atoms with Gasteiger partial charge in [-0.1, -0.05) is 41.4 Å². The number of nitrogens with zero attached hydrogens (tertiary/aromatic N) is 2. The van der Waals surface area contributed by atoms with Crippen molar-refractivity contribution in [1.82, 2.24) is 9.55 Å². The lowest BCUT2D eigenvalue weighted by atomic mass is 10.1. The summed E-state index contributed by atoms with van der Waals surface area (Å²) >= 11 is 12.4. The first kappa shape index (κ1) is 17.6. The third kappa shape index (κ3) is 2.70. The summed E-state index contributed by atoms with van der Waals surface area (Å²) in [7, 11) is 0. The Bertz CT molecular complexity index is 1190. The molecule has 2 aromatic carbocycles. The molecule has 0 fully saturated rings. The van der Waals surface area contributed by atoms with Gasteiger partial charge in [0.05, 0.1) is 33.3 Å². The Kier molecular flexibility index (Phi) is 4.20. The highest BCUT2D eigenvalue weighted by molar-refractivity contribution is 6.45. The molecule has 1 aromatic heterocycles. The molecule has 27 heavy (non-hydrogen) atoms. The van der Waals surface area contributed by atoms with Gasteiger partial charge >= 0.3 is 11.1 Å². The number of hydrogen-bond donors (Lipinski definition) is 2. The highest BCUT2D eigenvalue weighted by atomic mass is 35.5. The fourth-order valence-corrected chi connectivity index (χ4v) is 3.85. The van der Waals surface area contributed by atoms with E-state index in [9.17, 15) is 14.4 Å². The zero-order valence-electron chi connectivity index (χ0n) is 14.1. The monoisotopic (exact) mass is 404 g/mol. The summed E-state index contributed by atoms with van der Waals surface area (Å²) in [6.45, 7) is 1.59. The van der Waals surface area contributed by atoms with Gasteiger partial charge in [0.15, 0.2) is 0 Å². The van der Waals surface area contributed by atoms with Gasteiger partial charge in [-0.25, -0.2) is 0 Å². The van der Waals surface area contributed by atoms with Crippen molar-refractivity contribution in [3.63, 3.8) is 0 Å². The number of H-pyrrole nitrogens is 1. The third-order valence-corrected chi connectivity index (χ3v) is 5.31. The molecule has 0 bridgehead atoms. The van der Waals surface area contributed by atoms with Crippen LogP contribution in [-0.4, -0.2) is 22.0 Å². The second-order valence-electron chi connectivity index (χ2n) is 6.16. The average molecular weight is 405 g/mol. The van der Waals surface area contributed by atoms with Crippen LogP contribution in [0, 0.1) is 0 Å². The zero-order valence-corrected chi connectivity index (χ0v) is 15.6. The van der Waals surface area contributed by atoms with Gasteiger partial charge in [0.1, 0.15) is 6.17 Å². The maximum Gasteiger partial charge on any atom is 0.318 e. The van der Waals surface area contributed by atoms with Crippen molar-refractivity contribution >= 4 is 51.5 Å². The number of rotatable bonds is 2. The van der Waals surface area contributed by atoms with Crippen LogP contribution >= 0.6 is 23.2 Å². The summed E-state index contributed by atoms with van der Waals surface area (Å²) in [5, 5.41) is 3.64. The molecular weight excluding hydrogens is 391 g/mol. The van der Waals surface area contributed by atoms with E-state index in [1.807, 2.05) is 6.07 Å². The summed E-state index contributed by atoms with van der Waals surface area (Å²) < 4.78 is 1.30. The smallest absolute Gasteiger partial charge is 0.318 e. The predicted molar refractivity (Wildman–Crippen MR) is 106 cm³/mol. The number of aromatic nitrogens is 2. The van der Waals surface area contributed by atoms with Crippen molar-refractivity contribution < 1.29 is 4.79 Å². The summed E-state index contributed by atoms with van der Waals surface area (Å²) in [6.07, 6.45) is -0.744. The molecule has 3 aromatic rings. The lowest BCUT2D eigenvalue weighted by molar-refractivity contribution is -0.117. The molecule has 4 rings (SSSR count). The van der Waals surface area contributed by atoms with Crippen LogP contribution in [0.4, 0.5) is 11.4 Å². The Morgan fingerprint density at radius 1 is 1.22 bits per heavy atom. The summed E-state index contributed by atoms with van der Waals surface area (Å²) in [6, 6.07) is 10.4. The molecule has 1 unspecified atom stereocenters. The largest absolute Gasteiger partial charge is 0.378 e. The van der Waals surface area contributed by atoms with Gasteiger partial charge in [-0.2, -0.15) is 0 Å². The molecule has 7 nitrogen and oxygen atoms in total. The number of aromatic amines is 1. The van der Waals surface area contributed by atoms with Gasteiger partial charge in [-0.3, -0.25) is 23.9 Å². The normalized spacial score (nSPS) is 15.4. The highest BCUT2D eigenvalue weighted by Crippen LogP contribution is 2.40. The lowest BCUT2D eigenvalue weighted by Crippen LogP contribution is -2.50. The van der Waals surface area contributed by atoms with E-state index in [-0.39, 0.29) is 22.5 Å². The van der Waals surface area contributed by atoms with Gasteiger partial charge in [-0.05, 0) is 18.2 Å². The number of nitrogens with one attached hydrogen (secondary N) is 2. The van der Waals surface area contributed by atoms with Gasteiger partial charge in [0.2, 0.25) is 5.91 Å². The third-order valence-electron chi connectivity index (χ3n) is 4.53. The Labute approximate surface area is 163 Å². The molecule has 9 heteroatoms. The molecule has 2 heterocycles. The van der Waals surface area contributed by atoms with E-state index in [4.69, 9.17) is 23.2 Å². The van der Waals surface area contributed by atoms with Crippen molar-refractivity contribution in [3.8, 4) is 0 Å². The topological polar surface area (TPSA) is 87.2 Å². The first-order valence-electron chi connectivity index (χ1n) is 8.15. The maximum atomic E-state index is 12.7. The van der Waals surface area contributed by atoms with E-state index in [1.54, 1.807) is 24.3 Å². The van der Waals surface area contributed by atoms with Crippen LogP contribution in [0.1, 0.15) is 13.1 Å². The molecule has 1 aliphatic rings. The van der Waals surface area contributed by atoms with Crippen LogP contribution in [0.3, 0.4) is 0 Å². The van der Waals surface area contributed by atoms with Crippen LogP contribution in [0.5, 0.6) is 0 Å². The molecule has 1 aliphatic heterocycles. The van der Waals surface area contributed by atoms with Gasteiger partial charge < -0.3 is 10.3 Å². The summed E-state index contributed by atoms with van der Waals surface area (Å²) in [5.74, 6) is -0.267. The first-order valence-corrected chi connectivity index (χ1v) is 8.91. The fraction of sp³-hybridized carbons (Fsp3) is 0.167. The Morgan fingerprint density at radius 3 is 2.59 bits per heavy atom.